The van der Waals surface area contributed by atoms with Crippen molar-refractivity contribution in [1.29, 1.82) is 0 Å². The van der Waals surface area contributed by atoms with Crippen molar-refractivity contribution in [2.75, 3.05) is 11.4 Å². The van der Waals surface area contributed by atoms with E-state index < -0.39 is 0 Å². The summed E-state index contributed by atoms with van der Waals surface area (Å²) in [5.41, 5.74) is 0.854. The van der Waals surface area contributed by atoms with E-state index in [1.807, 2.05) is 4.52 Å². The lowest BCUT2D eigenvalue weighted by Crippen LogP contribution is -2.35. The van der Waals surface area contributed by atoms with Gasteiger partial charge in [-0.1, -0.05) is 19.8 Å². The fraction of sp³-hybridized carbons (Fsp3) is 0.688. The van der Waals surface area contributed by atoms with Gasteiger partial charge in [-0.25, -0.2) is 0 Å². The number of hydrogen-bond donors (Lipinski definition) is 0. The van der Waals surface area contributed by atoms with Crippen molar-refractivity contribution in [3.63, 3.8) is 0 Å². The third-order valence-corrected chi connectivity index (χ3v) is 5.17. The number of anilines is 1. The molecule has 2 fully saturated rings. The summed E-state index contributed by atoms with van der Waals surface area (Å²) in [5.74, 6) is 2.92. The lowest BCUT2D eigenvalue weighted by molar-refractivity contribution is 0.428. The lowest BCUT2D eigenvalue weighted by atomic mass is 9.96. The number of fused-ring (bicyclic) bond motifs is 1. The predicted molar refractivity (Wildman–Crippen MR) is 82.5 cm³/mol. The van der Waals surface area contributed by atoms with Crippen molar-refractivity contribution in [3.05, 3.63) is 18.0 Å². The zero-order chi connectivity index (χ0) is 14.2. The zero-order valence-corrected chi connectivity index (χ0v) is 12.7. The molecule has 1 aliphatic carbocycles. The Hall–Kier alpha value is -1.65. The molecule has 0 spiro atoms. The smallest absolute Gasteiger partial charge is 0.178 e. The average molecular weight is 285 g/mol. The minimum Gasteiger partial charge on any atom is -0.352 e. The van der Waals surface area contributed by atoms with Crippen LogP contribution >= 0.6 is 0 Å². The van der Waals surface area contributed by atoms with Crippen molar-refractivity contribution < 1.29 is 0 Å². The minimum absolute atomic E-state index is 0.694. The van der Waals surface area contributed by atoms with Crippen LogP contribution in [-0.4, -0.2) is 32.4 Å². The van der Waals surface area contributed by atoms with Crippen LogP contribution in [0.15, 0.2) is 12.1 Å². The Kier molecular flexibility index (Phi) is 3.28. The SMILES string of the molecule is CCc1nnc2ccc(N3CCC[C@H]3C3CCCC3)nn12. The second kappa shape index (κ2) is 5.28. The molecule has 0 N–H and O–H groups in total. The van der Waals surface area contributed by atoms with Crippen molar-refractivity contribution in [2.24, 2.45) is 5.92 Å². The van der Waals surface area contributed by atoms with E-state index in [9.17, 15) is 0 Å². The van der Waals surface area contributed by atoms with E-state index in [4.69, 9.17) is 5.10 Å². The van der Waals surface area contributed by atoms with Crippen molar-refractivity contribution in [1.82, 2.24) is 19.8 Å². The quantitative estimate of drug-likeness (QED) is 0.870. The Morgan fingerprint density at radius 3 is 2.76 bits per heavy atom. The van der Waals surface area contributed by atoms with Gasteiger partial charge < -0.3 is 4.90 Å². The van der Waals surface area contributed by atoms with Gasteiger partial charge in [-0.3, -0.25) is 0 Å². The van der Waals surface area contributed by atoms with E-state index in [2.05, 4.69) is 34.2 Å². The summed E-state index contributed by atoms with van der Waals surface area (Å²) in [6.45, 7) is 3.24. The fourth-order valence-corrected chi connectivity index (χ4v) is 4.11. The average Bonchev–Trinajstić information content (AvgIpc) is 3.25. The summed E-state index contributed by atoms with van der Waals surface area (Å²) < 4.78 is 1.92. The second-order valence-corrected chi connectivity index (χ2v) is 6.38. The van der Waals surface area contributed by atoms with Crippen LogP contribution in [0.2, 0.25) is 0 Å². The van der Waals surface area contributed by atoms with Crippen LogP contribution in [0.1, 0.15) is 51.3 Å². The van der Waals surface area contributed by atoms with Crippen LogP contribution in [-0.2, 0) is 6.42 Å². The molecule has 5 nitrogen and oxygen atoms in total. The van der Waals surface area contributed by atoms with Crippen molar-refractivity contribution >= 4 is 11.5 Å². The maximum Gasteiger partial charge on any atom is 0.178 e. The molecule has 2 aromatic heterocycles. The maximum absolute atomic E-state index is 4.83. The standard InChI is InChI=1S/C16H23N5/c1-2-14-17-18-15-9-10-16(19-21(14)15)20-11-5-8-13(20)12-6-3-4-7-12/h9-10,12-13H,2-8,11H2,1H3/t13-/m0/s1. The fourth-order valence-electron chi connectivity index (χ4n) is 4.11. The first-order chi connectivity index (χ1) is 10.4. The van der Waals surface area contributed by atoms with E-state index in [1.165, 1.54) is 38.5 Å². The maximum atomic E-state index is 4.83. The molecule has 2 aliphatic rings. The highest BCUT2D eigenvalue weighted by Gasteiger charge is 2.34. The second-order valence-electron chi connectivity index (χ2n) is 6.38. The van der Waals surface area contributed by atoms with Crippen molar-refractivity contribution in [3.8, 4) is 0 Å². The van der Waals surface area contributed by atoms with Gasteiger partial charge >= 0.3 is 0 Å². The van der Waals surface area contributed by atoms with Gasteiger partial charge in [0.2, 0.25) is 0 Å². The number of nitrogens with zero attached hydrogens (tertiary/aromatic N) is 5. The monoisotopic (exact) mass is 285 g/mol. The topological polar surface area (TPSA) is 46.3 Å². The van der Waals surface area contributed by atoms with Gasteiger partial charge in [0.05, 0.1) is 0 Å². The zero-order valence-electron chi connectivity index (χ0n) is 12.7. The van der Waals surface area contributed by atoms with E-state index in [-0.39, 0.29) is 0 Å². The molecule has 4 rings (SSSR count). The summed E-state index contributed by atoms with van der Waals surface area (Å²) in [4.78, 5) is 2.54. The predicted octanol–water partition coefficient (Wildman–Crippen LogP) is 2.85. The van der Waals surface area contributed by atoms with Crippen LogP contribution in [0.25, 0.3) is 5.65 Å². The normalized spacial score (nSPS) is 23.5. The molecule has 1 saturated heterocycles. The molecule has 1 atom stereocenters. The molecule has 2 aromatic rings. The Bertz CT molecular complexity index is 629. The molecule has 1 saturated carbocycles. The first-order valence-electron chi connectivity index (χ1n) is 8.35. The molecule has 3 heterocycles. The number of hydrogen-bond acceptors (Lipinski definition) is 4. The van der Waals surface area contributed by atoms with Crippen LogP contribution < -0.4 is 4.90 Å². The molecule has 5 heteroatoms. The highest BCUT2D eigenvalue weighted by molar-refractivity contribution is 5.47. The van der Waals surface area contributed by atoms with Gasteiger partial charge in [-0.2, -0.15) is 4.52 Å². The third kappa shape index (κ3) is 2.19. The molecule has 1 aliphatic heterocycles. The summed E-state index contributed by atoms with van der Waals surface area (Å²) in [6, 6.07) is 4.87. The van der Waals surface area contributed by atoms with Gasteiger partial charge in [0, 0.05) is 19.0 Å². The number of aromatic nitrogens is 4. The van der Waals surface area contributed by atoms with E-state index in [1.54, 1.807) is 0 Å². The minimum atomic E-state index is 0.694. The molecule has 0 amide bonds. The highest BCUT2D eigenvalue weighted by Crippen LogP contribution is 2.37. The van der Waals surface area contributed by atoms with Gasteiger partial charge in [0.25, 0.3) is 0 Å². The number of rotatable bonds is 3. The van der Waals surface area contributed by atoms with E-state index >= 15 is 0 Å². The van der Waals surface area contributed by atoms with E-state index in [0.717, 1.165) is 36.2 Å². The Morgan fingerprint density at radius 2 is 1.95 bits per heavy atom. The molecular formula is C16H23N5. The van der Waals surface area contributed by atoms with E-state index in [0.29, 0.717) is 6.04 Å². The first-order valence-corrected chi connectivity index (χ1v) is 8.35. The van der Waals surface area contributed by atoms with Gasteiger partial charge in [0.1, 0.15) is 5.82 Å². The summed E-state index contributed by atoms with van der Waals surface area (Å²) in [7, 11) is 0. The Labute approximate surface area is 125 Å². The molecule has 0 radical (unpaired) electrons. The molecule has 0 aromatic carbocycles. The molecule has 0 unspecified atom stereocenters. The number of aryl methyl sites for hydroxylation is 1. The molecule has 112 valence electrons. The highest BCUT2D eigenvalue weighted by atomic mass is 15.4. The molecule has 21 heavy (non-hydrogen) atoms. The lowest BCUT2D eigenvalue weighted by Gasteiger charge is -2.30. The Morgan fingerprint density at radius 1 is 1.10 bits per heavy atom. The van der Waals surface area contributed by atoms with Gasteiger partial charge in [-0.05, 0) is 43.7 Å². The van der Waals surface area contributed by atoms with Crippen molar-refractivity contribution in [2.45, 2.75) is 57.9 Å². The summed E-state index contributed by atoms with van der Waals surface area (Å²) in [5, 5.41) is 13.2. The first kappa shape index (κ1) is 13.0. The Balaban J connectivity index is 1.67. The van der Waals surface area contributed by atoms with Gasteiger partial charge in [0.15, 0.2) is 11.5 Å². The third-order valence-electron chi connectivity index (χ3n) is 5.17. The van der Waals surface area contributed by atoms with Crippen LogP contribution in [0.5, 0.6) is 0 Å². The largest absolute Gasteiger partial charge is 0.352 e. The van der Waals surface area contributed by atoms with Gasteiger partial charge in [-0.15, -0.1) is 15.3 Å². The van der Waals surface area contributed by atoms with Crippen LogP contribution in [0.3, 0.4) is 0 Å². The molecule has 0 bridgehead atoms. The van der Waals surface area contributed by atoms with Crippen LogP contribution in [0.4, 0.5) is 5.82 Å². The van der Waals surface area contributed by atoms with Crippen LogP contribution in [0, 0.1) is 5.92 Å². The molecular weight excluding hydrogens is 262 g/mol. The summed E-state index contributed by atoms with van der Waals surface area (Å²) in [6.07, 6.45) is 9.10. The summed E-state index contributed by atoms with van der Waals surface area (Å²) >= 11 is 0.